The third-order valence-electron chi connectivity index (χ3n) is 6.22. The summed E-state index contributed by atoms with van der Waals surface area (Å²) in [6.45, 7) is 3.66. The molecule has 8 nitrogen and oxygen atoms in total. The van der Waals surface area contributed by atoms with Crippen molar-refractivity contribution < 1.29 is 22.7 Å². The average Bonchev–Trinajstić information content (AvgIpc) is 2.91. The Balaban J connectivity index is 2.06. The van der Waals surface area contributed by atoms with Crippen molar-refractivity contribution in [2.75, 3.05) is 30.8 Å². The number of ether oxygens (including phenoxy) is 1. The Morgan fingerprint density at radius 1 is 1.00 bits per heavy atom. The van der Waals surface area contributed by atoms with Gasteiger partial charge in [0.2, 0.25) is 21.8 Å². The Kier molecular flexibility index (Phi) is 10.5. The first-order valence-electron chi connectivity index (χ1n) is 12.5. The van der Waals surface area contributed by atoms with Crippen molar-refractivity contribution >= 4 is 43.5 Å². The van der Waals surface area contributed by atoms with Crippen LogP contribution in [0.25, 0.3) is 0 Å². The number of hydrogen-bond acceptors (Lipinski definition) is 5. The summed E-state index contributed by atoms with van der Waals surface area (Å²) in [5.41, 5.74) is 2.81. The normalized spacial score (nSPS) is 11.9. The molecule has 1 atom stereocenters. The second-order valence-electron chi connectivity index (χ2n) is 9.18. The first-order valence-corrected chi connectivity index (χ1v) is 15.2. The second-order valence-corrected chi connectivity index (χ2v) is 11.9. The first kappa shape index (κ1) is 30.2. The smallest absolute Gasteiger partial charge is 0.244 e. The van der Waals surface area contributed by atoms with E-state index in [1.807, 2.05) is 56.3 Å². The zero-order valence-electron chi connectivity index (χ0n) is 22.6. The van der Waals surface area contributed by atoms with E-state index in [-0.39, 0.29) is 18.9 Å². The average molecular weight is 617 g/mol. The molecule has 0 bridgehead atoms. The summed E-state index contributed by atoms with van der Waals surface area (Å²) in [5, 5.41) is 2.84. The number of benzene rings is 3. The Hall–Kier alpha value is -3.37. The van der Waals surface area contributed by atoms with Crippen molar-refractivity contribution in [3.05, 3.63) is 94.0 Å². The first-order chi connectivity index (χ1) is 18.5. The number of anilines is 1. The zero-order valence-corrected chi connectivity index (χ0v) is 25.0. The summed E-state index contributed by atoms with van der Waals surface area (Å²) in [6, 6.07) is 20.9. The summed E-state index contributed by atoms with van der Waals surface area (Å²) >= 11 is 3.44. The number of sulfonamides is 1. The van der Waals surface area contributed by atoms with E-state index in [1.54, 1.807) is 37.4 Å². The lowest BCUT2D eigenvalue weighted by Crippen LogP contribution is -2.53. The molecular weight excluding hydrogens is 582 g/mol. The number of rotatable bonds is 12. The largest absolute Gasteiger partial charge is 0.497 e. The molecule has 39 heavy (non-hydrogen) atoms. The highest BCUT2D eigenvalue weighted by Gasteiger charge is 2.33. The molecule has 0 aliphatic rings. The van der Waals surface area contributed by atoms with E-state index < -0.39 is 28.5 Å². The van der Waals surface area contributed by atoms with Gasteiger partial charge in [-0.1, -0.05) is 58.4 Å². The van der Waals surface area contributed by atoms with Crippen LogP contribution in [0.4, 0.5) is 5.69 Å². The predicted octanol–water partition coefficient (Wildman–Crippen LogP) is 4.31. The molecule has 208 valence electrons. The molecule has 3 aromatic rings. The van der Waals surface area contributed by atoms with Gasteiger partial charge in [-0.05, 0) is 60.9 Å². The molecule has 0 aliphatic carbocycles. The monoisotopic (exact) mass is 615 g/mol. The van der Waals surface area contributed by atoms with Crippen LogP contribution in [0.15, 0.2) is 77.3 Å². The number of carbonyl (C=O) groups excluding carboxylic acids is 2. The van der Waals surface area contributed by atoms with Crippen molar-refractivity contribution in [1.82, 2.24) is 10.2 Å². The fourth-order valence-electron chi connectivity index (χ4n) is 4.21. The van der Waals surface area contributed by atoms with E-state index in [1.165, 1.54) is 4.90 Å². The lowest BCUT2D eigenvalue weighted by atomic mass is 10.0. The SMILES string of the molecule is CCNC(=O)[C@@H](Cc1ccccc1)N(Cc1cccc(OC)c1)C(=O)CN(c1ccc(Br)c(C)c1)S(C)(=O)=O. The van der Waals surface area contributed by atoms with Gasteiger partial charge in [-0.15, -0.1) is 0 Å². The Bertz CT molecular complexity index is 1400. The third kappa shape index (κ3) is 8.31. The lowest BCUT2D eigenvalue weighted by Gasteiger charge is -2.33. The minimum atomic E-state index is -3.82. The van der Waals surface area contributed by atoms with Crippen molar-refractivity contribution in [2.24, 2.45) is 0 Å². The number of nitrogens with zero attached hydrogens (tertiary/aromatic N) is 2. The van der Waals surface area contributed by atoms with Gasteiger partial charge in [0, 0.05) is 24.0 Å². The van der Waals surface area contributed by atoms with Gasteiger partial charge in [-0.3, -0.25) is 13.9 Å². The van der Waals surface area contributed by atoms with Gasteiger partial charge in [-0.25, -0.2) is 8.42 Å². The van der Waals surface area contributed by atoms with E-state index in [4.69, 9.17) is 4.74 Å². The highest BCUT2D eigenvalue weighted by Crippen LogP contribution is 2.26. The molecule has 2 amide bonds. The molecule has 0 spiro atoms. The highest BCUT2D eigenvalue weighted by atomic mass is 79.9. The van der Waals surface area contributed by atoms with Gasteiger partial charge in [0.25, 0.3) is 0 Å². The standard InChI is InChI=1S/C29H34BrN3O5S/c1-5-31-29(35)27(18-22-10-7-6-8-11-22)32(19-23-12-9-13-25(17-23)38-3)28(34)20-33(39(4,36)37)24-14-15-26(30)21(2)16-24/h6-17,27H,5,18-20H2,1-4H3,(H,31,35)/t27-/m1/s1. The number of halogens is 1. The molecular formula is C29H34BrN3O5S. The maximum Gasteiger partial charge on any atom is 0.244 e. The summed E-state index contributed by atoms with van der Waals surface area (Å²) in [5.74, 6) is -0.209. The van der Waals surface area contributed by atoms with Crippen LogP contribution < -0.4 is 14.4 Å². The molecule has 10 heteroatoms. The highest BCUT2D eigenvalue weighted by molar-refractivity contribution is 9.10. The number of nitrogens with one attached hydrogen (secondary N) is 1. The maximum absolute atomic E-state index is 14.0. The molecule has 0 fully saturated rings. The number of likely N-dealkylation sites (N-methyl/N-ethyl adjacent to an activating group) is 1. The Labute approximate surface area is 239 Å². The van der Waals surface area contributed by atoms with Crippen LogP contribution in [0.1, 0.15) is 23.6 Å². The summed E-state index contributed by atoms with van der Waals surface area (Å²) < 4.78 is 33.0. The van der Waals surface area contributed by atoms with Crippen molar-refractivity contribution in [2.45, 2.75) is 32.9 Å². The molecule has 0 unspecified atom stereocenters. The van der Waals surface area contributed by atoms with Crippen LogP contribution >= 0.6 is 15.9 Å². The van der Waals surface area contributed by atoms with Crippen molar-refractivity contribution in [3.8, 4) is 5.75 Å². The van der Waals surface area contributed by atoms with Crippen LogP contribution in [0.3, 0.4) is 0 Å². The zero-order chi connectivity index (χ0) is 28.6. The van der Waals surface area contributed by atoms with E-state index in [2.05, 4.69) is 21.2 Å². The molecule has 0 aliphatic heterocycles. The maximum atomic E-state index is 14.0. The van der Waals surface area contributed by atoms with Gasteiger partial charge in [0.1, 0.15) is 18.3 Å². The van der Waals surface area contributed by atoms with Crippen LogP contribution in [0.5, 0.6) is 5.75 Å². The van der Waals surface area contributed by atoms with E-state index in [9.17, 15) is 18.0 Å². The summed E-state index contributed by atoms with van der Waals surface area (Å²) in [6.07, 6.45) is 1.33. The number of amides is 2. The second kappa shape index (κ2) is 13.6. The fourth-order valence-corrected chi connectivity index (χ4v) is 5.30. The molecule has 0 aromatic heterocycles. The number of hydrogen-bond donors (Lipinski definition) is 1. The predicted molar refractivity (Wildman–Crippen MR) is 157 cm³/mol. The van der Waals surface area contributed by atoms with Crippen LogP contribution in [0.2, 0.25) is 0 Å². The lowest BCUT2D eigenvalue weighted by molar-refractivity contribution is -0.140. The van der Waals surface area contributed by atoms with Crippen LogP contribution in [-0.4, -0.2) is 57.6 Å². The third-order valence-corrected chi connectivity index (χ3v) is 8.25. The van der Waals surface area contributed by atoms with Gasteiger partial charge in [0.15, 0.2) is 0 Å². The molecule has 3 rings (SSSR count). The topological polar surface area (TPSA) is 96.0 Å². The molecule has 3 aromatic carbocycles. The minimum absolute atomic E-state index is 0.0850. The fraction of sp³-hybridized carbons (Fsp3) is 0.310. The Morgan fingerprint density at radius 2 is 1.69 bits per heavy atom. The number of carbonyl (C=O) groups is 2. The quantitative estimate of drug-likeness (QED) is 0.328. The van der Waals surface area contributed by atoms with Gasteiger partial charge in [0.05, 0.1) is 19.1 Å². The molecule has 1 N–H and O–H groups in total. The number of aryl methyl sites for hydroxylation is 1. The molecule has 0 radical (unpaired) electrons. The van der Waals surface area contributed by atoms with Gasteiger partial charge < -0.3 is 15.0 Å². The Morgan fingerprint density at radius 3 is 2.31 bits per heavy atom. The molecule has 0 heterocycles. The summed E-state index contributed by atoms with van der Waals surface area (Å²) in [4.78, 5) is 28.9. The molecule has 0 saturated heterocycles. The number of methoxy groups -OCH3 is 1. The minimum Gasteiger partial charge on any atom is -0.497 e. The molecule has 0 saturated carbocycles. The van der Waals surface area contributed by atoms with Gasteiger partial charge in [-0.2, -0.15) is 0 Å². The van der Waals surface area contributed by atoms with Crippen LogP contribution in [-0.2, 0) is 32.6 Å². The summed E-state index contributed by atoms with van der Waals surface area (Å²) in [7, 11) is -2.27. The van der Waals surface area contributed by atoms with E-state index >= 15 is 0 Å². The van der Waals surface area contributed by atoms with E-state index in [0.717, 1.165) is 31.7 Å². The van der Waals surface area contributed by atoms with Gasteiger partial charge >= 0.3 is 0 Å². The van der Waals surface area contributed by atoms with Crippen molar-refractivity contribution in [3.63, 3.8) is 0 Å². The van der Waals surface area contributed by atoms with Crippen molar-refractivity contribution in [1.29, 1.82) is 0 Å². The van der Waals surface area contributed by atoms with E-state index in [0.29, 0.717) is 18.0 Å². The van der Waals surface area contributed by atoms with Crippen LogP contribution in [0, 0.1) is 6.92 Å².